The number of nitrogens with one attached hydrogen (secondary N) is 1. The van der Waals surface area contributed by atoms with Crippen molar-refractivity contribution in [3.05, 3.63) is 35.4 Å². The van der Waals surface area contributed by atoms with Crippen molar-refractivity contribution < 1.29 is 0 Å². The lowest BCUT2D eigenvalue weighted by atomic mass is 10.1. The third-order valence-electron chi connectivity index (χ3n) is 2.73. The first-order valence-corrected chi connectivity index (χ1v) is 7.45. The van der Waals surface area contributed by atoms with Crippen molar-refractivity contribution in [3.63, 3.8) is 0 Å². The van der Waals surface area contributed by atoms with Gasteiger partial charge < -0.3 is 0 Å². The van der Waals surface area contributed by atoms with Crippen molar-refractivity contribution in [1.29, 1.82) is 0 Å². The molecule has 0 radical (unpaired) electrons. The first kappa shape index (κ1) is 14.6. The lowest BCUT2D eigenvalue weighted by Crippen LogP contribution is -2.29. The number of hydrazine groups is 1. The summed E-state index contributed by atoms with van der Waals surface area (Å²) in [5, 5.41) is 0. The lowest BCUT2D eigenvalue weighted by molar-refractivity contribution is 0.609. The van der Waals surface area contributed by atoms with Crippen LogP contribution in [0, 0.1) is 5.92 Å². The Balaban J connectivity index is 2.53. The molecule has 0 aliphatic carbocycles. The molecule has 0 aliphatic heterocycles. The standard InChI is InChI=1S/C14H24N2S/c1-4-12-5-7-13(8-6-12)14(16-15)10-17-9-11(2)3/h5-8,11,14,16H,4,9-10,15H2,1-3H3. The molecule has 3 N–H and O–H groups in total. The van der Waals surface area contributed by atoms with Crippen LogP contribution in [0.15, 0.2) is 24.3 Å². The molecule has 0 amide bonds. The quantitative estimate of drug-likeness (QED) is 0.578. The van der Waals surface area contributed by atoms with Gasteiger partial charge >= 0.3 is 0 Å². The summed E-state index contributed by atoms with van der Waals surface area (Å²) < 4.78 is 0. The zero-order valence-corrected chi connectivity index (χ0v) is 11.9. The maximum absolute atomic E-state index is 5.63. The SMILES string of the molecule is CCc1ccc(C(CSCC(C)C)NN)cc1. The summed E-state index contributed by atoms with van der Waals surface area (Å²) in [6.07, 6.45) is 1.09. The van der Waals surface area contributed by atoms with E-state index in [0.717, 1.165) is 18.1 Å². The van der Waals surface area contributed by atoms with Crippen LogP contribution in [0.4, 0.5) is 0 Å². The van der Waals surface area contributed by atoms with Gasteiger partial charge in [-0.25, -0.2) is 0 Å². The normalized spacial score (nSPS) is 13.0. The number of rotatable bonds is 7. The van der Waals surface area contributed by atoms with Gasteiger partial charge in [0, 0.05) is 5.75 Å². The van der Waals surface area contributed by atoms with Crippen LogP contribution in [-0.4, -0.2) is 11.5 Å². The van der Waals surface area contributed by atoms with E-state index in [1.165, 1.54) is 16.9 Å². The van der Waals surface area contributed by atoms with Crippen molar-refractivity contribution in [2.75, 3.05) is 11.5 Å². The number of hydrogen-bond donors (Lipinski definition) is 2. The molecule has 2 nitrogen and oxygen atoms in total. The summed E-state index contributed by atoms with van der Waals surface area (Å²) in [7, 11) is 0. The molecule has 0 aliphatic rings. The zero-order valence-electron chi connectivity index (χ0n) is 11.1. The van der Waals surface area contributed by atoms with Crippen molar-refractivity contribution in [3.8, 4) is 0 Å². The summed E-state index contributed by atoms with van der Waals surface area (Å²) in [4.78, 5) is 0. The van der Waals surface area contributed by atoms with Crippen molar-refractivity contribution in [1.82, 2.24) is 5.43 Å². The lowest BCUT2D eigenvalue weighted by Gasteiger charge is -2.17. The maximum atomic E-state index is 5.63. The van der Waals surface area contributed by atoms with Crippen molar-refractivity contribution >= 4 is 11.8 Å². The molecule has 0 spiro atoms. The van der Waals surface area contributed by atoms with Gasteiger partial charge in [0.15, 0.2) is 0 Å². The van der Waals surface area contributed by atoms with Gasteiger partial charge in [-0.2, -0.15) is 11.8 Å². The highest BCUT2D eigenvalue weighted by Crippen LogP contribution is 2.20. The highest BCUT2D eigenvalue weighted by Gasteiger charge is 2.09. The maximum Gasteiger partial charge on any atom is 0.0550 e. The van der Waals surface area contributed by atoms with Crippen molar-refractivity contribution in [2.45, 2.75) is 33.2 Å². The summed E-state index contributed by atoms with van der Waals surface area (Å²) >= 11 is 1.96. The number of thioether (sulfide) groups is 1. The molecule has 0 saturated carbocycles. The molecule has 1 aromatic rings. The van der Waals surface area contributed by atoms with Crippen LogP contribution < -0.4 is 11.3 Å². The van der Waals surface area contributed by atoms with E-state index in [0.29, 0.717) is 0 Å². The molecule has 3 heteroatoms. The van der Waals surface area contributed by atoms with Gasteiger partial charge in [-0.1, -0.05) is 45.0 Å². The number of aryl methyl sites for hydroxylation is 1. The second-order valence-corrected chi connectivity index (χ2v) is 5.82. The highest BCUT2D eigenvalue weighted by atomic mass is 32.2. The Bertz CT molecular complexity index is 309. The molecule has 0 saturated heterocycles. The topological polar surface area (TPSA) is 38.0 Å². The van der Waals surface area contributed by atoms with E-state index in [-0.39, 0.29) is 6.04 Å². The van der Waals surface area contributed by atoms with E-state index < -0.39 is 0 Å². The van der Waals surface area contributed by atoms with E-state index in [1.54, 1.807) is 0 Å². The smallest absolute Gasteiger partial charge is 0.0550 e. The largest absolute Gasteiger partial charge is 0.271 e. The second-order valence-electron chi connectivity index (χ2n) is 4.75. The molecule has 17 heavy (non-hydrogen) atoms. The number of benzene rings is 1. The minimum Gasteiger partial charge on any atom is -0.271 e. The molecule has 1 atom stereocenters. The summed E-state index contributed by atoms with van der Waals surface area (Å²) in [5.41, 5.74) is 5.56. The Morgan fingerprint density at radius 1 is 1.18 bits per heavy atom. The van der Waals surface area contributed by atoms with E-state index in [1.807, 2.05) is 11.8 Å². The predicted molar refractivity (Wildman–Crippen MR) is 78.0 cm³/mol. The van der Waals surface area contributed by atoms with Crippen LogP contribution in [0.2, 0.25) is 0 Å². The van der Waals surface area contributed by atoms with Crippen LogP contribution >= 0.6 is 11.8 Å². The molecule has 1 unspecified atom stereocenters. The molecule has 0 fully saturated rings. The first-order valence-electron chi connectivity index (χ1n) is 6.30. The molecule has 1 rings (SSSR count). The second kappa shape index (κ2) is 7.75. The Kier molecular flexibility index (Phi) is 6.63. The summed E-state index contributed by atoms with van der Waals surface area (Å²) in [6.45, 7) is 6.66. The van der Waals surface area contributed by atoms with E-state index >= 15 is 0 Å². The summed E-state index contributed by atoms with van der Waals surface area (Å²) in [5.74, 6) is 8.58. The van der Waals surface area contributed by atoms with Gasteiger partial charge in [-0.05, 0) is 29.2 Å². The molecule has 96 valence electrons. The molecular weight excluding hydrogens is 228 g/mol. The Morgan fingerprint density at radius 3 is 2.29 bits per heavy atom. The van der Waals surface area contributed by atoms with Crippen molar-refractivity contribution in [2.24, 2.45) is 11.8 Å². The van der Waals surface area contributed by atoms with Crippen LogP contribution in [-0.2, 0) is 6.42 Å². The Hall–Kier alpha value is -0.510. The van der Waals surface area contributed by atoms with E-state index in [9.17, 15) is 0 Å². The van der Waals surface area contributed by atoms with Gasteiger partial charge in [0.05, 0.1) is 6.04 Å². The minimum atomic E-state index is 0.254. The van der Waals surface area contributed by atoms with E-state index in [2.05, 4.69) is 50.5 Å². The third-order valence-corrected chi connectivity index (χ3v) is 4.20. The molecule has 0 heterocycles. The van der Waals surface area contributed by atoms with Crippen LogP contribution in [0.5, 0.6) is 0 Å². The fourth-order valence-corrected chi connectivity index (χ4v) is 2.78. The predicted octanol–water partition coefficient (Wildman–Crippen LogP) is 3.14. The average molecular weight is 252 g/mol. The van der Waals surface area contributed by atoms with Gasteiger partial charge in [-0.3, -0.25) is 11.3 Å². The van der Waals surface area contributed by atoms with Crippen LogP contribution in [0.3, 0.4) is 0 Å². The van der Waals surface area contributed by atoms with Gasteiger partial charge in [0.1, 0.15) is 0 Å². The third kappa shape index (κ3) is 5.11. The average Bonchev–Trinajstić information content (AvgIpc) is 2.34. The Morgan fingerprint density at radius 2 is 1.82 bits per heavy atom. The van der Waals surface area contributed by atoms with Crippen LogP contribution in [0.25, 0.3) is 0 Å². The first-order chi connectivity index (χ1) is 8.17. The molecule has 1 aromatic carbocycles. The number of hydrogen-bond acceptors (Lipinski definition) is 3. The van der Waals surface area contributed by atoms with Gasteiger partial charge in [0.2, 0.25) is 0 Å². The van der Waals surface area contributed by atoms with E-state index in [4.69, 9.17) is 5.84 Å². The monoisotopic (exact) mass is 252 g/mol. The Labute approximate surface area is 109 Å². The van der Waals surface area contributed by atoms with Gasteiger partial charge in [-0.15, -0.1) is 0 Å². The fraction of sp³-hybridized carbons (Fsp3) is 0.571. The molecular formula is C14H24N2S. The molecule has 0 bridgehead atoms. The highest BCUT2D eigenvalue weighted by molar-refractivity contribution is 7.99. The van der Waals surface area contributed by atoms with Crippen LogP contribution in [0.1, 0.15) is 37.9 Å². The molecule has 0 aromatic heterocycles. The van der Waals surface area contributed by atoms with Gasteiger partial charge in [0.25, 0.3) is 0 Å². The zero-order chi connectivity index (χ0) is 12.7. The summed E-state index contributed by atoms with van der Waals surface area (Å²) in [6, 6.07) is 8.99. The fourth-order valence-electron chi connectivity index (χ4n) is 1.65. The number of nitrogens with two attached hydrogens (primary N) is 1. The minimum absolute atomic E-state index is 0.254.